The van der Waals surface area contributed by atoms with Crippen molar-refractivity contribution in [3.05, 3.63) is 23.3 Å². The molecule has 20 heavy (non-hydrogen) atoms. The fraction of sp³-hybridized carbons (Fsp3) is 0.789. The molecule has 2 N–H and O–H groups in total. The van der Waals surface area contributed by atoms with E-state index in [4.69, 9.17) is 5.73 Å². The summed E-state index contributed by atoms with van der Waals surface area (Å²) in [7, 11) is 0. The number of hydrogen-bond donors (Lipinski definition) is 1. The second-order valence-electron chi connectivity index (χ2n) is 8.32. The summed E-state index contributed by atoms with van der Waals surface area (Å²) in [5.41, 5.74) is 10.4. The molecule has 112 valence electrons. The van der Waals surface area contributed by atoms with Gasteiger partial charge in [-0.25, -0.2) is 0 Å². The van der Waals surface area contributed by atoms with E-state index in [2.05, 4.69) is 39.8 Å². The summed E-state index contributed by atoms with van der Waals surface area (Å²) in [6, 6.07) is 0. The van der Waals surface area contributed by atoms with Gasteiger partial charge in [0.2, 0.25) is 0 Å². The molecule has 3 aliphatic carbocycles. The highest BCUT2D eigenvalue weighted by molar-refractivity contribution is 5.35. The van der Waals surface area contributed by atoms with E-state index >= 15 is 0 Å². The van der Waals surface area contributed by atoms with Gasteiger partial charge in [0.15, 0.2) is 0 Å². The third-order valence-electron chi connectivity index (χ3n) is 6.63. The van der Waals surface area contributed by atoms with Gasteiger partial charge in [0.05, 0.1) is 0 Å². The third-order valence-corrected chi connectivity index (χ3v) is 6.63. The van der Waals surface area contributed by atoms with Crippen molar-refractivity contribution in [1.29, 1.82) is 0 Å². The molecule has 0 spiro atoms. The normalized spacial score (nSPS) is 44.5. The van der Waals surface area contributed by atoms with E-state index in [0.717, 1.165) is 5.92 Å². The number of nitrogens with two attached hydrogens (primary N) is 1. The van der Waals surface area contributed by atoms with Crippen LogP contribution in [0.2, 0.25) is 0 Å². The Morgan fingerprint density at radius 2 is 2.00 bits per heavy atom. The Hall–Kier alpha value is -0.560. The number of hydrogen-bond acceptors (Lipinski definition) is 1. The highest BCUT2D eigenvalue weighted by Gasteiger charge is 2.52. The smallest absolute Gasteiger partial charge is 0.0162 e. The number of fused-ring (bicyclic) bond motifs is 3. The van der Waals surface area contributed by atoms with Crippen molar-refractivity contribution < 1.29 is 0 Å². The highest BCUT2D eigenvalue weighted by atomic mass is 14.8. The van der Waals surface area contributed by atoms with Gasteiger partial charge in [-0.1, -0.05) is 44.9 Å². The molecule has 1 fully saturated rings. The Labute approximate surface area is 124 Å². The lowest BCUT2D eigenvalue weighted by Crippen LogP contribution is -2.57. The van der Waals surface area contributed by atoms with Gasteiger partial charge in [-0.2, -0.15) is 0 Å². The Bertz CT molecular complexity index is 454. The maximum Gasteiger partial charge on any atom is 0.0162 e. The number of rotatable bonds is 1. The van der Waals surface area contributed by atoms with E-state index in [1.807, 2.05) is 0 Å². The van der Waals surface area contributed by atoms with Crippen molar-refractivity contribution >= 4 is 0 Å². The molecule has 3 rings (SSSR count). The fourth-order valence-corrected chi connectivity index (χ4v) is 5.39. The minimum atomic E-state index is 0.0388. The molecule has 0 aromatic heterocycles. The molecular weight excluding hydrogens is 242 g/mol. The fourth-order valence-electron chi connectivity index (χ4n) is 5.39. The van der Waals surface area contributed by atoms with Crippen LogP contribution in [0.3, 0.4) is 0 Å². The Morgan fingerprint density at radius 1 is 1.25 bits per heavy atom. The first kappa shape index (κ1) is 14.4. The van der Waals surface area contributed by atoms with Gasteiger partial charge in [0.1, 0.15) is 0 Å². The summed E-state index contributed by atoms with van der Waals surface area (Å²) >= 11 is 0. The SMILES string of the molecule is CC(C)C1=CC2=CC[C@H]3[C@@](C)(CCC[C@]3(C)N)[C@@H]2CC1. The van der Waals surface area contributed by atoms with Crippen molar-refractivity contribution in [3.8, 4) is 0 Å². The molecular formula is C19H31N. The van der Waals surface area contributed by atoms with Gasteiger partial charge >= 0.3 is 0 Å². The van der Waals surface area contributed by atoms with Crippen molar-refractivity contribution in [2.45, 2.75) is 71.8 Å². The Balaban J connectivity index is 1.97. The van der Waals surface area contributed by atoms with E-state index in [0.29, 0.717) is 17.3 Å². The second-order valence-corrected chi connectivity index (χ2v) is 8.32. The molecule has 0 amide bonds. The lowest BCUT2D eigenvalue weighted by molar-refractivity contribution is -0.00437. The molecule has 1 heteroatoms. The average molecular weight is 273 g/mol. The molecule has 0 unspecified atom stereocenters. The summed E-state index contributed by atoms with van der Waals surface area (Å²) in [5.74, 6) is 2.13. The van der Waals surface area contributed by atoms with E-state index in [9.17, 15) is 0 Å². The summed E-state index contributed by atoms with van der Waals surface area (Å²) in [4.78, 5) is 0. The van der Waals surface area contributed by atoms with Crippen LogP contribution >= 0.6 is 0 Å². The zero-order valence-electron chi connectivity index (χ0n) is 13.7. The molecule has 0 aliphatic heterocycles. The van der Waals surface area contributed by atoms with E-state index < -0.39 is 0 Å². The molecule has 1 nitrogen and oxygen atoms in total. The maximum atomic E-state index is 6.67. The molecule has 0 bridgehead atoms. The van der Waals surface area contributed by atoms with Crippen molar-refractivity contribution in [2.75, 3.05) is 0 Å². The van der Waals surface area contributed by atoms with E-state index in [-0.39, 0.29) is 5.54 Å². The third kappa shape index (κ3) is 2.09. The van der Waals surface area contributed by atoms with Gasteiger partial charge in [-0.15, -0.1) is 0 Å². The van der Waals surface area contributed by atoms with Gasteiger partial charge < -0.3 is 5.73 Å². The molecule has 0 saturated heterocycles. The van der Waals surface area contributed by atoms with Crippen LogP contribution in [0.4, 0.5) is 0 Å². The minimum absolute atomic E-state index is 0.0388. The summed E-state index contributed by atoms with van der Waals surface area (Å²) in [6.45, 7) is 9.50. The Morgan fingerprint density at radius 3 is 2.70 bits per heavy atom. The first-order valence-corrected chi connectivity index (χ1v) is 8.54. The van der Waals surface area contributed by atoms with Crippen molar-refractivity contribution in [3.63, 3.8) is 0 Å². The molecule has 0 aromatic rings. The minimum Gasteiger partial charge on any atom is -0.325 e. The first-order chi connectivity index (χ1) is 9.34. The van der Waals surface area contributed by atoms with E-state index in [1.165, 1.54) is 38.5 Å². The van der Waals surface area contributed by atoms with Crippen LogP contribution in [0.15, 0.2) is 23.3 Å². The lowest BCUT2D eigenvalue weighted by atomic mass is 9.49. The van der Waals surface area contributed by atoms with Gasteiger partial charge in [0, 0.05) is 5.54 Å². The monoisotopic (exact) mass is 273 g/mol. The predicted octanol–water partition coefficient (Wildman–Crippen LogP) is 4.83. The highest BCUT2D eigenvalue weighted by Crippen LogP contribution is 2.58. The topological polar surface area (TPSA) is 26.0 Å². The average Bonchev–Trinajstić information content (AvgIpc) is 2.37. The summed E-state index contributed by atoms with van der Waals surface area (Å²) in [6.07, 6.45) is 12.8. The standard InChI is InChI=1S/C19H31N/c1-13(2)14-6-8-16-15(12-14)7-9-17-18(16,3)10-5-11-19(17,4)20/h7,12-13,16-17H,5-6,8-11,20H2,1-4H3/t16-,17+,18+,19+/m1/s1. The van der Waals surface area contributed by atoms with Gasteiger partial charge in [0.25, 0.3) is 0 Å². The Kier molecular flexibility index (Phi) is 3.40. The quantitative estimate of drug-likeness (QED) is 0.727. The van der Waals surface area contributed by atoms with Crippen LogP contribution in [0.25, 0.3) is 0 Å². The van der Waals surface area contributed by atoms with E-state index in [1.54, 1.807) is 11.1 Å². The van der Waals surface area contributed by atoms with Crippen LogP contribution in [0.1, 0.15) is 66.2 Å². The van der Waals surface area contributed by atoms with Crippen LogP contribution < -0.4 is 5.73 Å². The van der Waals surface area contributed by atoms with Crippen LogP contribution in [-0.2, 0) is 0 Å². The molecule has 4 atom stereocenters. The molecule has 3 aliphatic rings. The largest absolute Gasteiger partial charge is 0.325 e. The number of allylic oxidation sites excluding steroid dienone is 4. The van der Waals surface area contributed by atoms with Crippen LogP contribution in [0.5, 0.6) is 0 Å². The lowest BCUT2D eigenvalue weighted by Gasteiger charge is -2.57. The summed E-state index contributed by atoms with van der Waals surface area (Å²) in [5, 5.41) is 0. The molecule has 0 heterocycles. The first-order valence-electron chi connectivity index (χ1n) is 8.54. The van der Waals surface area contributed by atoms with Gasteiger partial charge in [-0.05, 0) is 67.8 Å². The van der Waals surface area contributed by atoms with Crippen molar-refractivity contribution in [2.24, 2.45) is 28.9 Å². The van der Waals surface area contributed by atoms with Crippen LogP contribution in [-0.4, -0.2) is 5.54 Å². The summed E-state index contributed by atoms with van der Waals surface area (Å²) < 4.78 is 0. The zero-order valence-corrected chi connectivity index (χ0v) is 13.7. The predicted molar refractivity (Wildman–Crippen MR) is 86.4 cm³/mol. The van der Waals surface area contributed by atoms with Gasteiger partial charge in [-0.3, -0.25) is 0 Å². The van der Waals surface area contributed by atoms with Crippen LogP contribution in [0, 0.1) is 23.2 Å². The molecule has 1 saturated carbocycles. The van der Waals surface area contributed by atoms with Crippen molar-refractivity contribution in [1.82, 2.24) is 0 Å². The zero-order chi connectivity index (χ0) is 14.5. The molecule has 0 aromatic carbocycles. The maximum absolute atomic E-state index is 6.67. The second kappa shape index (κ2) is 4.73. The molecule has 0 radical (unpaired) electrons.